The Hall–Kier alpha value is -2.87. The van der Waals surface area contributed by atoms with E-state index < -0.39 is 11.9 Å². The Morgan fingerprint density at radius 2 is 2.18 bits per heavy atom. The molecule has 3 heterocycles. The van der Waals surface area contributed by atoms with E-state index in [1.165, 1.54) is 28.9 Å². The van der Waals surface area contributed by atoms with Crippen molar-refractivity contribution in [2.75, 3.05) is 7.11 Å². The summed E-state index contributed by atoms with van der Waals surface area (Å²) in [7, 11) is 1.25. The zero-order valence-corrected chi connectivity index (χ0v) is 15.6. The van der Waals surface area contributed by atoms with E-state index >= 15 is 0 Å². The Kier molecular flexibility index (Phi) is 4.19. The number of ether oxygens (including phenoxy) is 1. The average molecular weight is 409 g/mol. The van der Waals surface area contributed by atoms with E-state index in [-0.39, 0.29) is 35.5 Å². The number of nitrogens with zero attached hydrogens (tertiary/aromatic N) is 5. The lowest BCUT2D eigenvalue weighted by Gasteiger charge is -2.06. The van der Waals surface area contributed by atoms with Crippen molar-refractivity contribution >= 4 is 16.3 Å². The van der Waals surface area contributed by atoms with Crippen molar-refractivity contribution in [1.29, 1.82) is 5.26 Å². The highest BCUT2D eigenvalue weighted by Gasteiger charge is 2.42. The molecule has 28 heavy (non-hydrogen) atoms. The fourth-order valence-electron chi connectivity index (χ4n) is 3.26. The molecule has 3 aromatic heterocycles. The summed E-state index contributed by atoms with van der Waals surface area (Å²) in [4.78, 5) is 18.4. The monoisotopic (exact) mass is 409 g/mol. The highest BCUT2D eigenvalue weighted by Crippen LogP contribution is 2.49. The molecular formula is C17H14F3N5O2S. The maximum absolute atomic E-state index is 12.9. The maximum atomic E-state index is 12.9. The minimum Gasteiger partial charge on any atom is -0.481 e. The number of aromatic nitrogens is 4. The Bertz CT molecular complexity index is 1170. The minimum atomic E-state index is -4.60. The van der Waals surface area contributed by atoms with Gasteiger partial charge in [0.2, 0.25) is 5.88 Å². The quantitative estimate of drug-likeness (QED) is 0.661. The van der Waals surface area contributed by atoms with Crippen LogP contribution in [0.3, 0.4) is 0 Å². The van der Waals surface area contributed by atoms with Gasteiger partial charge in [-0.15, -0.1) is 11.3 Å². The Morgan fingerprint density at radius 3 is 2.79 bits per heavy atom. The summed E-state index contributed by atoms with van der Waals surface area (Å²) in [5.41, 5.74) is -0.329. The van der Waals surface area contributed by atoms with Crippen LogP contribution in [0.25, 0.3) is 4.96 Å². The number of alkyl halides is 3. The van der Waals surface area contributed by atoms with Crippen LogP contribution in [0, 0.1) is 24.2 Å². The van der Waals surface area contributed by atoms with Gasteiger partial charge in [-0.25, -0.2) is 9.67 Å². The average Bonchev–Trinajstić information content (AvgIpc) is 3.14. The lowest BCUT2D eigenvalue weighted by molar-refractivity contribution is -0.141. The van der Waals surface area contributed by atoms with Crippen LogP contribution in [0.5, 0.6) is 5.88 Å². The van der Waals surface area contributed by atoms with E-state index in [2.05, 4.69) is 16.2 Å². The van der Waals surface area contributed by atoms with Gasteiger partial charge in [-0.05, 0) is 13.3 Å². The highest BCUT2D eigenvalue weighted by atomic mass is 32.1. The van der Waals surface area contributed by atoms with Gasteiger partial charge in [0.05, 0.1) is 31.3 Å². The molecule has 7 nitrogen and oxygen atoms in total. The first-order chi connectivity index (χ1) is 13.2. The van der Waals surface area contributed by atoms with Gasteiger partial charge in [0.25, 0.3) is 5.56 Å². The number of thiazole rings is 1. The molecule has 11 heteroatoms. The Labute approximate surface area is 160 Å². The number of halogens is 3. The van der Waals surface area contributed by atoms with Crippen molar-refractivity contribution in [1.82, 2.24) is 19.2 Å². The number of rotatable bonds is 4. The molecule has 2 unspecified atom stereocenters. The van der Waals surface area contributed by atoms with Gasteiger partial charge < -0.3 is 4.74 Å². The van der Waals surface area contributed by atoms with Gasteiger partial charge in [-0.1, -0.05) is 0 Å². The van der Waals surface area contributed by atoms with Gasteiger partial charge in [0.15, 0.2) is 10.7 Å². The summed E-state index contributed by atoms with van der Waals surface area (Å²) in [5, 5.41) is 12.6. The van der Waals surface area contributed by atoms with Crippen LogP contribution >= 0.6 is 11.3 Å². The zero-order chi connectivity index (χ0) is 20.2. The van der Waals surface area contributed by atoms with E-state index in [4.69, 9.17) is 10.00 Å². The van der Waals surface area contributed by atoms with Crippen LogP contribution in [-0.2, 0) is 12.7 Å². The summed E-state index contributed by atoms with van der Waals surface area (Å²) in [6, 6.07) is 4.29. The van der Waals surface area contributed by atoms with Crippen LogP contribution in [0.15, 0.2) is 16.9 Å². The van der Waals surface area contributed by atoms with Gasteiger partial charge >= 0.3 is 6.18 Å². The minimum absolute atomic E-state index is 0.0182. The maximum Gasteiger partial charge on any atom is 0.435 e. The molecule has 0 aromatic carbocycles. The third-order valence-corrected chi connectivity index (χ3v) is 5.62. The first-order valence-electron chi connectivity index (χ1n) is 8.33. The summed E-state index contributed by atoms with van der Waals surface area (Å²) < 4.78 is 46.2. The molecule has 1 aliphatic rings. The molecule has 0 saturated heterocycles. The molecule has 0 spiro atoms. The van der Waals surface area contributed by atoms with Crippen LogP contribution in [0.1, 0.15) is 34.3 Å². The fraction of sp³-hybridized carbons (Fsp3) is 0.412. The Balaban J connectivity index is 1.73. The molecule has 4 rings (SSSR count). The Morgan fingerprint density at radius 1 is 1.43 bits per heavy atom. The predicted molar refractivity (Wildman–Crippen MR) is 93.4 cm³/mol. The standard InChI is InChI=1S/C17H14F3N5O2S/c1-8-15(11-3-9(11)6-21)25-13(26)4-10(22-16(25)28-8)7-24-14(27-2)5-12(23-24)17(18,19)20/h4-5,9,11H,3,7H2,1-2H3. The second-order valence-electron chi connectivity index (χ2n) is 6.55. The van der Waals surface area contributed by atoms with E-state index in [1.54, 1.807) is 0 Å². The van der Waals surface area contributed by atoms with Crippen molar-refractivity contribution in [3.8, 4) is 11.9 Å². The first kappa shape index (κ1) is 18.5. The van der Waals surface area contributed by atoms with Crippen LogP contribution in [-0.4, -0.2) is 26.3 Å². The molecule has 1 aliphatic carbocycles. The topological polar surface area (TPSA) is 85.2 Å². The van der Waals surface area contributed by atoms with Gasteiger partial charge in [-0.3, -0.25) is 9.20 Å². The SMILES string of the molecule is COc1cc(C(F)(F)F)nn1Cc1cc(=O)n2c(C3CC3C#N)c(C)sc2n1. The van der Waals surface area contributed by atoms with Gasteiger partial charge in [0, 0.05) is 28.6 Å². The van der Waals surface area contributed by atoms with E-state index in [1.807, 2.05) is 6.92 Å². The number of methoxy groups -OCH3 is 1. The number of fused-ring (bicyclic) bond motifs is 1. The molecule has 0 N–H and O–H groups in total. The fourth-order valence-corrected chi connectivity index (χ4v) is 4.32. The largest absolute Gasteiger partial charge is 0.481 e. The highest BCUT2D eigenvalue weighted by molar-refractivity contribution is 7.17. The van der Waals surface area contributed by atoms with E-state index in [9.17, 15) is 18.0 Å². The molecule has 2 atom stereocenters. The van der Waals surface area contributed by atoms with Crippen molar-refractivity contribution in [3.63, 3.8) is 0 Å². The molecule has 1 fully saturated rings. The van der Waals surface area contributed by atoms with Crippen molar-refractivity contribution in [3.05, 3.63) is 44.4 Å². The van der Waals surface area contributed by atoms with Crippen molar-refractivity contribution in [2.45, 2.75) is 32.0 Å². The zero-order valence-electron chi connectivity index (χ0n) is 14.8. The molecule has 0 aliphatic heterocycles. The molecule has 3 aromatic rings. The van der Waals surface area contributed by atoms with Crippen LogP contribution in [0.2, 0.25) is 0 Å². The second-order valence-corrected chi connectivity index (χ2v) is 7.73. The summed E-state index contributed by atoms with van der Waals surface area (Å²) in [6.45, 7) is 1.73. The lowest BCUT2D eigenvalue weighted by atomic mass is 10.2. The molecule has 0 amide bonds. The molecule has 146 valence electrons. The van der Waals surface area contributed by atoms with E-state index in [0.717, 1.165) is 21.3 Å². The second kappa shape index (κ2) is 6.34. The third kappa shape index (κ3) is 3.03. The summed E-state index contributed by atoms with van der Waals surface area (Å²) in [5.74, 6) is -0.158. The number of hydrogen-bond donors (Lipinski definition) is 0. The molecule has 1 saturated carbocycles. The number of aryl methyl sites for hydroxylation is 1. The van der Waals surface area contributed by atoms with E-state index in [0.29, 0.717) is 11.4 Å². The normalized spacial score (nSPS) is 19.0. The lowest BCUT2D eigenvalue weighted by Crippen LogP contribution is -2.18. The summed E-state index contributed by atoms with van der Waals surface area (Å²) in [6.07, 6.45) is -3.89. The molecule has 0 radical (unpaired) electrons. The smallest absolute Gasteiger partial charge is 0.435 e. The van der Waals surface area contributed by atoms with Crippen molar-refractivity contribution < 1.29 is 17.9 Å². The van der Waals surface area contributed by atoms with Crippen molar-refractivity contribution in [2.24, 2.45) is 5.92 Å². The molecular weight excluding hydrogens is 395 g/mol. The third-order valence-electron chi connectivity index (χ3n) is 4.65. The van der Waals surface area contributed by atoms with Crippen LogP contribution < -0.4 is 10.3 Å². The van der Waals surface area contributed by atoms with Gasteiger partial charge in [-0.2, -0.15) is 23.5 Å². The predicted octanol–water partition coefficient (Wildman–Crippen LogP) is 2.96. The van der Waals surface area contributed by atoms with Gasteiger partial charge in [0.1, 0.15) is 0 Å². The number of hydrogen-bond acceptors (Lipinski definition) is 6. The molecule has 0 bridgehead atoms. The van der Waals surface area contributed by atoms with Crippen LogP contribution in [0.4, 0.5) is 13.2 Å². The summed E-state index contributed by atoms with van der Waals surface area (Å²) >= 11 is 1.32. The first-order valence-corrected chi connectivity index (χ1v) is 9.15. The number of nitriles is 1.